The number of nitrogens with one attached hydrogen (secondary N) is 1. The molecule has 9 heteroatoms. The minimum atomic E-state index is -4.47. The molecule has 2 fully saturated rings. The zero-order valence-electron chi connectivity index (χ0n) is 15.2. The van der Waals surface area contributed by atoms with E-state index in [0.717, 1.165) is 38.1 Å². The van der Waals surface area contributed by atoms with E-state index < -0.39 is 17.8 Å². The molecule has 1 N–H and O–H groups in total. The fourth-order valence-electron chi connectivity index (χ4n) is 3.43. The van der Waals surface area contributed by atoms with Gasteiger partial charge in [-0.1, -0.05) is 0 Å². The fraction of sp³-hybridized carbons (Fsp3) is 0.611. The monoisotopic (exact) mass is 387 g/mol. The van der Waals surface area contributed by atoms with Crippen LogP contribution in [0, 0.1) is 0 Å². The number of methoxy groups -OCH3 is 1. The molecule has 0 bridgehead atoms. The van der Waals surface area contributed by atoms with Gasteiger partial charge in [0.1, 0.15) is 0 Å². The molecule has 1 atom stereocenters. The van der Waals surface area contributed by atoms with Gasteiger partial charge in [-0.3, -0.25) is 0 Å². The minimum Gasteiger partial charge on any atom is -0.382 e. The maximum atomic E-state index is 13.1. The van der Waals surface area contributed by atoms with Crippen LogP contribution in [0.4, 0.5) is 29.3 Å². The first-order chi connectivity index (χ1) is 12.9. The van der Waals surface area contributed by atoms with Crippen LogP contribution in [0.15, 0.2) is 18.2 Å². The first kappa shape index (κ1) is 19.8. The highest BCUT2D eigenvalue weighted by molar-refractivity contribution is 5.93. The smallest absolute Gasteiger partial charge is 0.382 e. The molecular formula is C18H24F3N3O3. The Morgan fingerprint density at radius 3 is 2.70 bits per heavy atom. The molecule has 0 aliphatic carbocycles. The van der Waals surface area contributed by atoms with Crippen LogP contribution in [0.5, 0.6) is 0 Å². The summed E-state index contributed by atoms with van der Waals surface area (Å²) in [5.41, 5.74) is 0.0297. The summed E-state index contributed by atoms with van der Waals surface area (Å²) >= 11 is 0. The SMILES string of the molecule is COCC1CN(C(=O)Nc2cc(C(F)(F)F)ccc2N2CCCC2)CCO1. The van der Waals surface area contributed by atoms with E-state index in [1.807, 2.05) is 4.90 Å². The first-order valence-electron chi connectivity index (χ1n) is 9.01. The normalized spacial score (nSPS) is 20.8. The largest absolute Gasteiger partial charge is 0.416 e. The number of carbonyl (C=O) groups excluding carboxylic acids is 1. The van der Waals surface area contributed by atoms with Crippen LogP contribution in [0.25, 0.3) is 0 Å². The number of nitrogens with zero attached hydrogens (tertiary/aromatic N) is 2. The summed E-state index contributed by atoms with van der Waals surface area (Å²) in [5, 5.41) is 2.68. The average Bonchev–Trinajstić information content (AvgIpc) is 3.16. The number of carbonyl (C=O) groups is 1. The van der Waals surface area contributed by atoms with E-state index in [9.17, 15) is 18.0 Å². The van der Waals surface area contributed by atoms with Crippen molar-refractivity contribution in [3.63, 3.8) is 0 Å². The van der Waals surface area contributed by atoms with Crippen molar-refractivity contribution in [2.45, 2.75) is 25.1 Å². The molecule has 2 heterocycles. The second-order valence-electron chi connectivity index (χ2n) is 6.75. The summed E-state index contributed by atoms with van der Waals surface area (Å²) in [5.74, 6) is 0. The van der Waals surface area contributed by atoms with Crippen molar-refractivity contribution in [3.8, 4) is 0 Å². The number of morpholine rings is 1. The molecule has 0 spiro atoms. The molecular weight excluding hydrogens is 363 g/mol. The molecule has 0 radical (unpaired) electrons. The van der Waals surface area contributed by atoms with Gasteiger partial charge in [-0.05, 0) is 31.0 Å². The number of anilines is 2. The van der Waals surface area contributed by atoms with Gasteiger partial charge in [0, 0.05) is 26.7 Å². The molecule has 0 saturated carbocycles. The zero-order valence-corrected chi connectivity index (χ0v) is 15.2. The van der Waals surface area contributed by atoms with Crippen LogP contribution in [-0.4, -0.2) is 63.5 Å². The summed E-state index contributed by atoms with van der Waals surface area (Å²) < 4.78 is 50.0. The van der Waals surface area contributed by atoms with E-state index in [0.29, 0.717) is 32.0 Å². The summed E-state index contributed by atoms with van der Waals surface area (Å²) in [7, 11) is 1.55. The number of rotatable bonds is 4. The second-order valence-corrected chi connectivity index (χ2v) is 6.75. The number of benzene rings is 1. The third kappa shape index (κ3) is 4.84. The van der Waals surface area contributed by atoms with Crippen LogP contribution in [0.2, 0.25) is 0 Å². The van der Waals surface area contributed by atoms with Crippen molar-refractivity contribution in [1.82, 2.24) is 4.90 Å². The van der Waals surface area contributed by atoms with Crippen molar-refractivity contribution in [2.24, 2.45) is 0 Å². The quantitative estimate of drug-likeness (QED) is 0.862. The lowest BCUT2D eigenvalue weighted by atomic mass is 10.1. The van der Waals surface area contributed by atoms with Crippen molar-refractivity contribution >= 4 is 17.4 Å². The van der Waals surface area contributed by atoms with E-state index in [2.05, 4.69) is 5.32 Å². The Hall–Kier alpha value is -2.00. The summed E-state index contributed by atoms with van der Waals surface area (Å²) in [6.45, 7) is 2.96. The van der Waals surface area contributed by atoms with Crippen molar-refractivity contribution < 1.29 is 27.4 Å². The summed E-state index contributed by atoms with van der Waals surface area (Å²) in [6, 6.07) is 3.08. The maximum absolute atomic E-state index is 13.1. The fourth-order valence-corrected chi connectivity index (χ4v) is 3.43. The Labute approximate surface area is 156 Å². The highest BCUT2D eigenvalue weighted by atomic mass is 19.4. The van der Waals surface area contributed by atoms with Gasteiger partial charge in [0.05, 0.1) is 42.8 Å². The summed E-state index contributed by atoms with van der Waals surface area (Å²) in [4.78, 5) is 16.2. The van der Waals surface area contributed by atoms with E-state index >= 15 is 0 Å². The van der Waals surface area contributed by atoms with Crippen molar-refractivity contribution in [1.29, 1.82) is 0 Å². The summed E-state index contributed by atoms with van der Waals surface area (Å²) in [6.07, 6.45) is -2.74. The molecule has 150 valence electrons. The van der Waals surface area contributed by atoms with Crippen LogP contribution >= 0.6 is 0 Å². The molecule has 2 saturated heterocycles. The van der Waals surface area contributed by atoms with Crippen LogP contribution in [0.3, 0.4) is 0 Å². The number of ether oxygens (including phenoxy) is 2. The van der Waals surface area contributed by atoms with Crippen LogP contribution in [-0.2, 0) is 15.7 Å². The average molecular weight is 387 g/mol. The van der Waals surface area contributed by atoms with Crippen LogP contribution < -0.4 is 10.2 Å². The lowest BCUT2D eigenvalue weighted by Gasteiger charge is -2.33. The van der Waals surface area contributed by atoms with Crippen molar-refractivity contribution in [2.75, 3.05) is 56.7 Å². The molecule has 6 nitrogen and oxygen atoms in total. The predicted octanol–water partition coefficient (Wildman–Crippen LogP) is 3.18. The predicted molar refractivity (Wildman–Crippen MR) is 95.1 cm³/mol. The van der Waals surface area contributed by atoms with Gasteiger partial charge in [-0.2, -0.15) is 13.2 Å². The Morgan fingerprint density at radius 1 is 1.30 bits per heavy atom. The lowest BCUT2D eigenvalue weighted by molar-refractivity contribution is -0.137. The topological polar surface area (TPSA) is 54.0 Å². The molecule has 3 rings (SSSR count). The van der Waals surface area contributed by atoms with Gasteiger partial charge in [-0.15, -0.1) is 0 Å². The van der Waals surface area contributed by atoms with E-state index in [1.165, 1.54) is 6.07 Å². The Balaban J connectivity index is 1.79. The highest BCUT2D eigenvalue weighted by Gasteiger charge is 2.32. The Bertz CT molecular complexity index is 661. The Kier molecular flexibility index (Phi) is 6.11. The van der Waals surface area contributed by atoms with E-state index in [4.69, 9.17) is 9.47 Å². The standard InChI is InChI=1S/C18H24F3N3O3/c1-26-12-14-11-24(8-9-27-14)17(25)22-15-10-13(18(19,20)21)4-5-16(15)23-6-2-3-7-23/h4-5,10,14H,2-3,6-9,11-12H2,1H3,(H,22,25). The molecule has 2 aliphatic heterocycles. The number of amides is 2. The van der Waals surface area contributed by atoms with Gasteiger partial charge in [0.2, 0.25) is 0 Å². The Morgan fingerprint density at radius 2 is 2.04 bits per heavy atom. The number of urea groups is 1. The zero-order chi connectivity index (χ0) is 19.4. The molecule has 1 aromatic carbocycles. The number of alkyl halides is 3. The molecule has 0 aromatic heterocycles. The van der Waals surface area contributed by atoms with Gasteiger partial charge >= 0.3 is 12.2 Å². The molecule has 1 unspecified atom stereocenters. The minimum absolute atomic E-state index is 0.187. The van der Waals surface area contributed by atoms with Gasteiger partial charge in [0.15, 0.2) is 0 Å². The third-order valence-corrected chi connectivity index (χ3v) is 4.79. The van der Waals surface area contributed by atoms with Gasteiger partial charge in [-0.25, -0.2) is 4.79 Å². The van der Waals surface area contributed by atoms with Crippen LogP contribution in [0.1, 0.15) is 18.4 Å². The second kappa shape index (κ2) is 8.35. The molecule has 2 aliphatic rings. The lowest BCUT2D eigenvalue weighted by Crippen LogP contribution is -2.48. The number of halogens is 3. The third-order valence-electron chi connectivity index (χ3n) is 4.79. The van der Waals surface area contributed by atoms with E-state index in [1.54, 1.807) is 12.0 Å². The molecule has 1 aromatic rings. The first-order valence-corrected chi connectivity index (χ1v) is 9.01. The van der Waals surface area contributed by atoms with E-state index in [-0.39, 0.29) is 11.8 Å². The number of hydrogen-bond acceptors (Lipinski definition) is 4. The van der Waals surface area contributed by atoms with Gasteiger partial charge in [0.25, 0.3) is 0 Å². The highest BCUT2D eigenvalue weighted by Crippen LogP contribution is 2.36. The van der Waals surface area contributed by atoms with Gasteiger partial charge < -0.3 is 24.6 Å². The van der Waals surface area contributed by atoms with Crippen molar-refractivity contribution in [3.05, 3.63) is 23.8 Å². The molecule has 2 amide bonds. The molecule has 27 heavy (non-hydrogen) atoms. The number of hydrogen-bond donors (Lipinski definition) is 1. The maximum Gasteiger partial charge on any atom is 0.416 e.